The zero-order valence-electron chi connectivity index (χ0n) is 9.03. The average Bonchev–Trinajstić information content (AvgIpc) is 2.99. The number of esters is 1. The normalized spacial score (nSPS) is 18.3. The molecule has 0 amide bonds. The fraction of sp³-hybridized carbons (Fsp3) is 0.900. The van der Waals surface area contributed by atoms with Crippen molar-refractivity contribution in [2.75, 3.05) is 26.7 Å². The van der Waals surface area contributed by atoms with E-state index in [1.165, 1.54) is 20.0 Å². The monoisotopic (exact) mass is 200 g/mol. The van der Waals surface area contributed by atoms with Gasteiger partial charge in [0.2, 0.25) is 0 Å². The van der Waals surface area contributed by atoms with Crippen LogP contribution in [-0.4, -0.2) is 43.7 Å². The summed E-state index contributed by atoms with van der Waals surface area (Å²) in [5.41, 5.74) is 5.68. The first-order chi connectivity index (χ1) is 6.67. The van der Waals surface area contributed by atoms with Crippen molar-refractivity contribution < 1.29 is 9.53 Å². The molecule has 0 radical (unpaired) electrons. The van der Waals surface area contributed by atoms with Crippen molar-refractivity contribution in [2.45, 2.75) is 25.8 Å². The summed E-state index contributed by atoms with van der Waals surface area (Å²) in [4.78, 5) is 13.3. The van der Waals surface area contributed by atoms with Gasteiger partial charge in [0.25, 0.3) is 0 Å². The Morgan fingerprint density at radius 2 is 2.29 bits per heavy atom. The van der Waals surface area contributed by atoms with E-state index in [2.05, 4.69) is 16.6 Å². The molecule has 0 spiro atoms. The molecule has 0 aliphatic heterocycles. The molecule has 0 bridgehead atoms. The van der Waals surface area contributed by atoms with Gasteiger partial charge in [-0.1, -0.05) is 6.92 Å². The van der Waals surface area contributed by atoms with Gasteiger partial charge in [0.05, 0.1) is 7.11 Å². The zero-order valence-corrected chi connectivity index (χ0v) is 9.03. The van der Waals surface area contributed by atoms with Crippen LogP contribution in [0.15, 0.2) is 0 Å². The Morgan fingerprint density at radius 3 is 2.71 bits per heavy atom. The minimum Gasteiger partial charge on any atom is -0.468 e. The molecule has 2 N–H and O–H groups in total. The molecule has 0 saturated heterocycles. The molecule has 0 aromatic rings. The minimum absolute atomic E-state index is 0.320. The van der Waals surface area contributed by atoms with E-state index < -0.39 is 6.04 Å². The van der Waals surface area contributed by atoms with E-state index >= 15 is 0 Å². The van der Waals surface area contributed by atoms with Crippen LogP contribution in [0.25, 0.3) is 0 Å². The third kappa shape index (κ3) is 3.64. The first kappa shape index (κ1) is 11.5. The van der Waals surface area contributed by atoms with Gasteiger partial charge in [-0.15, -0.1) is 0 Å². The van der Waals surface area contributed by atoms with Crippen molar-refractivity contribution in [3.63, 3.8) is 0 Å². The number of methoxy groups -OCH3 is 1. The Kier molecular flexibility index (Phi) is 4.35. The Hall–Kier alpha value is -0.610. The van der Waals surface area contributed by atoms with Crippen molar-refractivity contribution in [1.29, 1.82) is 0 Å². The van der Waals surface area contributed by atoms with Crippen LogP contribution in [0.3, 0.4) is 0 Å². The minimum atomic E-state index is -0.501. The molecule has 0 heterocycles. The molecule has 14 heavy (non-hydrogen) atoms. The van der Waals surface area contributed by atoms with Crippen molar-refractivity contribution in [2.24, 2.45) is 11.7 Å². The number of likely N-dealkylation sites (N-methyl/N-ethyl adjacent to an activating group) is 1. The van der Waals surface area contributed by atoms with Gasteiger partial charge in [0, 0.05) is 13.1 Å². The lowest BCUT2D eigenvalue weighted by molar-refractivity contribution is -0.142. The number of hydrogen-bond acceptors (Lipinski definition) is 4. The van der Waals surface area contributed by atoms with Gasteiger partial charge in [0.15, 0.2) is 0 Å². The van der Waals surface area contributed by atoms with Gasteiger partial charge in [-0.05, 0) is 25.3 Å². The zero-order chi connectivity index (χ0) is 10.6. The highest BCUT2D eigenvalue weighted by atomic mass is 16.5. The van der Waals surface area contributed by atoms with Crippen LogP contribution in [-0.2, 0) is 9.53 Å². The fourth-order valence-electron chi connectivity index (χ4n) is 1.50. The second-order valence-corrected chi connectivity index (χ2v) is 3.93. The van der Waals surface area contributed by atoms with Gasteiger partial charge >= 0.3 is 5.97 Å². The molecule has 1 aliphatic rings. The number of nitrogens with zero attached hydrogens (tertiary/aromatic N) is 1. The van der Waals surface area contributed by atoms with E-state index in [4.69, 9.17) is 5.73 Å². The molecule has 1 aliphatic carbocycles. The summed E-state index contributed by atoms with van der Waals surface area (Å²) in [6, 6.07) is -0.501. The van der Waals surface area contributed by atoms with E-state index in [0.717, 1.165) is 19.0 Å². The highest BCUT2D eigenvalue weighted by molar-refractivity contribution is 5.75. The third-order valence-electron chi connectivity index (χ3n) is 2.62. The van der Waals surface area contributed by atoms with Gasteiger partial charge in [-0.2, -0.15) is 0 Å². The number of carbonyl (C=O) groups is 1. The number of rotatable bonds is 6. The van der Waals surface area contributed by atoms with Crippen molar-refractivity contribution in [3.05, 3.63) is 0 Å². The highest BCUT2D eigenvalue weighted by Crippen LogP contribution is 2.29. The molecule has 1 atom stereocenters. The molecule has 1 fully saturated rings. The lowest BCUT2D eigenvalue weighted by atomic mass is 10.2. The Morgan fingerprint density at radius 1 is 1.64 bits per heavy atom. The van der Waals surface area contributed by atoms with Gasteiger partial charge in [0.1, 0.15) is 6.04 Å². The van der Waals surface area contributed by atoms with Gasteiger partial charge in [-0.25, -0.2) is 0 Å². The molecule has 1 rings (SSSR count). The summed E-state index contributed by atoms with van der Waals surface area (Å²) in [6.07, 6.45) is 2.65. The lowest BCUT2D eigenvalue weighted by Crippen LogP contribution is -2.43. The van der Waals surface area contributed by atoms with Gasteiger partial charge < -0.3 is 15.4 Å². The Bertz CT molecular complexity index is 193. The van der Waals surface area contributed by atoms with Crippen LogP contribution in [0, 0.1) is 5.92 Å². The van der Waals surface area contributed by atoms with E-state index in [-0.39, 0.29) is 5.97 Å². The number of ether oxygens (including phenoxy) is 1. The van der Waals surface area contributed by atoms with E-state index in [1.807, 2.05) is 0 Å². The summed E-state index contributed by atoms with van der Waals surface area (Å²) in [5, 5.41) is 0. The molecular weight excluding hydrogens is 180 g/mol. The summed E-state index contributed by atoms with van der Waals surface area (Å²) < 4.78 is 4.59. The van der Waals surface area contributed by atoms with Crippen molar-refractivity contribution in [3.8, 4) is 0 Å². The number of hydrogen-bond donors (Lipinski definition) is 1. The number of carbonyl (C=O) groups excluding carboxylic acids is 1. The van der Waals surface area contributed by atoms with Crippen LogP contribution >= 0.6 is 0 Å². The topological polar surface area (TPSA) is 55.6 Å². The second-order valence-electron chi connectivity index (χ2n) is 3.93. The van der Waals surface area contributed by atoms with Crippen LogP contribution in [0.2, 0.25) is 0 Å². The maximum absolute atomic E-state index is 11.1. The summed E-state index contributed by atoms with van der Waals surface area (Å²) in [7, 11) is 1.37. The smallest absolute Gasteiger partial charge is 0.323 e. The predicted octanol–water partition coefficient (Wildman–Crippen LogP) is 0.219. The first-order valence-corrected chi connectivity index (χ1v) is 5.23. The summed E-state index contributed by atoms with van der Waals surface area (Å²) in [6.45, 7) is 4.72. The third-order valence-corrected chi connectivity index (χ3v) is 2.62. The SMILES string of the molecule is CCN(CC1CC1)CC(N)C(=O)OC. The largest absolute Gasteiger partial charge is 0.468 e. The van der Waals surface area contributed by atoms with Crippen LogP contribution < -0.4 is 5.73 Å². The lowest BCUT2D eigenvalue weighted by Gasteiger charge is -2.22. The fourth-order valence-corrected chi connectivity index (χ4v) is 1.50. The molecule has 4 heteroatoms. The van der Waals surface area contributed by atoms with Crippen molar-refractivity contribution in [1.82, 2.24) is 4.90 Å². The molecule has 0 aromatic heterocycles. The molecule has 0 aromatic carbocycles. The van der Waals surface area contributed by atoms with Gasteiger partial charge in [-0.3, -0.25) is 4.79 Å². The van der Waals surface area contributed by atoms with E-state index in [9.17, 15) is 4.79 Å². The Labute approximate surface area is 85.4 Å². The average molecular weight is 200 g/mol. The van der Waals surface area contributed by atoms with E-state index in [0.29, 0.717) is 6.54 Å². The molecule has 1 saturated carbocycles. The van der Waals surface area contributed by atoms with E-state index in [1.54, 1.807) is 0 Å². The highest BCUT2D eigenvalue weighted by Gasteiger charge is 2.25. The quantitative estimate of drug-likeness (QED) is 0.623. The standard InChI is InChI=1S/C10H20N2O2/c1-3-12(6-8-4-5-8)7-9(11)10(13)14-2/h8-9H,3-7,11H2,1-2H3. The van der Waals surface area contributed by atoms with Crippen LogP contribution in [0.1, 0.15) is 19.8 Å². The molecular formula is C10H20N2O2. The second kappa shape index (κ2) is 5.32. The maximum Gasteiger partial charge on any atom is 0.323 e. The predicted molar refractivity (Wildman–Crippen MR) is 54.8 cm³/mol. The summed E-state index contributed by atoms with van der Waals surface area (Å²) >= 11 is 0. The number of nitrogens with two attached hydrogens (primary N) is 1. The molecule has 1 unspecified atom stereocenters. The maximum atomic E-state index is 11.1. The molecule has 82 valence electrons. The summed E-state index contributed by atoms with van der Waals surface area (Å²) in [5.74, 6) is 0.513. The molecule has 4 nitrogen and oxygen atoms in total. The first-order valence-electron chi connectivity index (χ1n) is 5.23. The van der Waals surface area contributed by atoms with Crippen LogP contribution in [0.4, 0.5) is 0 Å². The Balaban J connectivity index is 2.26. The van der Waals surface area contributed by atoms with Crippen molar-refractivity contribution >= 4 is 5.97 Å². The van der Waals surface area contributed by atoms with Crippen LogP contribution in [0.5, 0.6) is 0 Å².